The van der Waals surface area contributed by atoms with Gasteiger partial charge >= 0.3 is 0 Å². The largest absolute Gasteiger partial charge is 0.285 e. The van der Waals surface area contributed by atoms with Gasteiger partial charge < -0.3 is 0 Å². The Labute approximate surface area is 60.1 Å². The lowest BCUT2D eigenvalue weighted by molar-refractivity contribution is 0.885. The highest BCUT2D eigenvalue weighted by Crippen LogP contribution is 2.13. The van der Waals surface area contributed by atoms with Crippen molar-refractivity contribution in [2.45, 2.75) is 12.8 Å². The van der Waals surface area contributed by atoms with E-state index in [2.05, 4.69) is 29.7 Å². The number of hydrogen-bond donors (Lipinski definition) is 2. The molecular weight excluding hydrogens is 132 g/mol. The first kappa shape index (κ1) is 6.68. The third-order valence-corrected chi connectivity index (χ3v) is 1.91. The molecule has 0 radical (unpaired) electrons. The van der Waals surface area contributed by atoms with Gasteiger partial charge in [-0.2, -0.15) is 17.7 Å². The van der Waals surface area contributed by atoms with Gasteiger partial charge in [0.15, 0.2) is 0 Å². The van der Waals surface area contributed by atoms with E-state index >= 15 is 0 Å². The molecule has 1 N–H and O–H groups in total. The van der Waals surface area contributed by atoms with Crippen LogP contribution in [-0.4, -0.2) is 16.0 Å². The lowest BCUT2D eigenvalue weighted by Gasteiger charge is -2.00. The van der Waals surface area contributed by atoms with E-state index in [0.29, 0.717) is 5.92 Å². The highest BCUT2D eigenvalue weighted by atomic mass is 32.1. The highest BCUT2D eigenvalue weighted by Gasteiger charge is 2.01. The number of H-pyrrole nitrogens is 1. The molecule has 0 aliphatic rings. The number of aromatic amines is 1. The summed E-state index contributed by atoms with van der Waals surface area (Å²) in [5, 5.41) is 6.59. The molecule has 0 aliphatic heterocycles. The molecule has 0 aliphatic carbocycles. The van der Waals surface area contributed by atoms with Crippen LogP contribution in [0.4, 0.5) is 0 Å². The van der Waals surface area contributed by atoms with Crippen molar-refractivity contribution in [2.75, 3.05) is 5.75 Å². The molecule has 1 heterocycles. The summed E-state index contributed by atoms with van der Waals surface area (Å²) in [6, 6.07) is 0. The van der Waals surface area contributed by atoms with Gasteiger partial charge in [-0.05, 0) is 17.2 Å². The Kier molecular flexibility index (Phi) is 2.16. The van der Waals surface area contributed by atoms with Crippen LogP contribution in [0.15, 0.2) is 12.4 Å². The fraction of sp³-hybridized carbons (Fsp3) is 0.500. The van der Waals surface area contributed by atoms with Crippen LogP contribution in [0.25, 0.3) is 0 Å². The second kappa shape index (κ2) is 2.92. The number of thiol groups is 1. The fourth-order valence-electron chi connectivity index (χ4n) is 0.636. The van der Waals surface area contributed by atoms with E-state index in [4.69, 9.17) is 0 Å². The van der Waals surface area contributed by atoms with E-state index in [1.807, 2.05) is 12.4 Å². The maximum absolute atomic E-state index is 4.16. The number of nitrogens with one attached hydrogen (secondary N) is 1. The zero-order chi connectivity index (χ0) is 6.69. The van der Waals surface area contributed by atoms with Crippen LogP contribution in [0.1, 0.15) is 18.4 Å². The molecule has 1 rings (SSSR count). The minimum Gasteiger partial charge on any atom is -0.285 e. The Bertz CT molecular complexity index is 160. The van der Waals surface area contributed by atoms with Crippen LogP contribution >= 0.6 is 12.6 Å². The number of aromatic nitrogens is 2. The Morgan fingerprint density at radius 1 is 1.89 bits per heavy atom. The summed E-state index contributed by atoms with van der Waals surface area (Å²) in [6.45, 7) is 2.12. The summed E-state index contributed by atoms with van der Waals surface area (Å²) in [7, 11) is 0. The molecule has 1 unspecified atom stereocenters. The van der Waals surface area contributed by atoms with Crippen molar-refractivity contribution in [2.24, 2.45) is 0 Å². The van der Waals surface area contributed by atoms with Crippen LogP contribution in [0.3, 0.4) is 0 Å². The second-order valence-corrected chi connectivity index (χ2v) is 2.48. The summed E-state index contributed by atoms with van der Waals surface area (Å²) in [5.74, 6) is 1.38. The molecule has 0 saturated carbocycles. The van der Waals surface area contributed by atoms with Crippen molar-refractivity contribution >= 4 is 12.6 Å². The standard InChI is InChI=1S/C6H10N2S/c1-5(4-9)6-2-7-8-3-6/h2-3,5,9H,4H2,1H3,(H,7,8). The molecule has 0 fully saturated rings. The molecular formula is C6H10N2S. The molecule has 50 valence electrons. The minimum absolute atomic E-state index is 0.507. The van der Waals surface area contributed by atoms with Gasteiger partial charge in [0.1, 0.15) is 0 Å². The van der Waals surface area contributed by atoms with E-state index < -0.39 is 0 Å². The third kappa shape index (κ3) is 1.48. The Morgan fingerprint density at radius 3 is 3.11 bits per heavy atom. The lowest BCUT2D eigenvalue weighted by Crippen LogP contribution is -1.90. The quantitative estimate of drug-likeness (QED) is 0.601. The van der Waals surface area contributed by atoms with Crippen LogP contribution in [-0.2, 0) is 0 Å². The van der Waals surface area contributed by atoms with Gasteiger partial charge in [0, 0.05) is 6.20 Å². The summed E-state index contributed by atoms with van der Waals surface area (Å²) in [6.07, 6.45) is 3.74. The summed E-state index contributed by atoms with van der Waals surface area (Å²) >= 11 is 4.16. The minimum atomic E-state index is 0.507. The maximum atomic E-state index is 4.16. The summed E-state index contributed by atoms with van der Waals surface area (Å²) in [5.41, 5.74) is 1.23. The van der Waals surface area contributed by atoms with Crippen molar-refractivity contribution in [1.82, 2.24) is 10.2 Å². The first-order valence-corrected chi connectivity index (χ1v) is 3.57. The predicted molar refractivity (Wildman–Crippen MR) is 40.9 cm³/mol. The van der Waals surface area contributed by atoms with Crippen molar-refractivity contribution in [3.63, 3.8) is 0 Å². The molecule has 2 nitrogen and oxygen atoms in total. The molecule has 0 aromatic carbocycles. The van der Waals surface area contributed by atoms with Crippen LogP contribution in [0.5, 0.6) is 0 Å². The topological polar surface area (TPSA) is 28.7 Å². The molecule has 1 aromatic heterocycles. The van der Waals surface area contributed by atoms with Gasteiger partial charge in [0.2, 0.25) is 0 Å². The van der Waals surface area contributed by atoms with Crippen molar-refractivity contribution in [3.05, 3.63) is 18.0 Å². The smallest absolute Gasteiger partial charge is 0.0522 e. The SMILES string of the molecule is CC(CS)c1cn[nH]c1. The molecule has 0 saturated heterocycles. The van der Waals surface area contributed by atoms with E-state index in [1.54, 1.807) is 0 Å². The first-order valence-electron chi connectivity index (χ1n) is 2.94. The van der Waals surface area contributed by atoms with Gasteiger partial charge in [-0.15, -0.1) is 0 Å². The van der Waals surface area contributed by atoms with Crippen LogP contribution in [0.2, 0.25) is 0 Å². The maximum Gasteiger partial charge on any atom is 0.0522 e. The molecule has 1 aromatic rings. The molecule has 9 heavy (non-hydrogen) atoms. The lowest BCUT2D eigenvalue weighted by atomic mass is 10.1. The number of hydrogen-bond acceptors (Lipinski definition) is 2. The monoisotopic (exact) mass is 142 g/mol. The second-order valence-electron chi connectivity index (χ2n) is 2.12. The normalized spacial score (nSPS) is 13.6. The molecule has 0 spiro atoms. The van der Waals surface area contributed by atoms with Gasteiger partial charge in [0.05, 0.1) is 6.20 Å². The van der Waals surface area contributed by atoms with Crippen molar-refractivity contribution in [1.29, 1.82) is 0 Å². The van der Waals surface area contributed by atoms with E-state index in [1.165, 1.54) is 5.56 Å². The van der Waals surface area contributed by atoms with Gasteiger partial charge in [-0.3, -0.25) is 5.10 Å². The van der Waals surface area contributed by atoms with Gasteiger partial charge in [0.25, 0.3) is 0 Å². The Hall–Kier alpha value is -0.440. The fourth-order valence-corrected chi connectivity index (χ4v) is 0.847. The molecule has 0 bridgehead atoms. The Morgan fingerprint density at radius 2 is 2.67 bits per heavy atom. The number of nitrogens with zero attached hydrogens (tertiary/aromatic N) is 1. The molecule has 0 amide bonds. The molecule has 1 atom stereocenters. The van der Waals surface area contributed by atoms with Crippen LogP contribution < -0.4 is 0 Å². The van der Waals surface area contributed by atoms with Crippen molar-refractivity contribution in [3.8, 4) is 0 Å². The summed E-state index contributed by atoms with van der Waals surface area (Å²) < 4.78 is 0. The van der Waals surface area contributed by atoms with Gasteiger partial charge in [-0.1, -0.05) is 6.92 Å². The van der Waals surface area contributed by atoms with Crippen molar-refractivity contribution < 1.29 is 0 Å². The van der Waals surface area contributed by atoms with Gasteiger partial charge in [-0.25, -0.2) is 0 Å². The number of rotatable bonds is 2. The van der Waals surface area contributed by atoms with E-state index in [9.17, 15) is 0 Å². The first-order chi connectivity index (χ1) is 4.34. The van der Waals surface area contributed by atoms with Crippen LogP contribution in [0, 0.1) is 0 Å². The zero-order valence-electron chi connectivity index (χ0n) is 5.33. The molecule has 3 heteroatoms. The summed E-state index contributed by atoms with van der Waals surface area (Å²) in [4.78, 5) is 0. The predicted octanol–water partition coefficient (Wildman–Crippen LogP) is 1.44. The van der Waals surface area contributed by atoms with E-state index in [-0.39, 0.29) is 0 Å². The highest BCUT2D eigenvalue weighted by molar-refractivity contribution is 7.80. The van der Waals surface area contributed by atoms with E-state index in [0.717, 1.165) is 5.75 Å². The zero-order valence-corrected chi connectivity index (χ0v) is 6.23. The third-order valence-electron chi connectivity index (χ3n) is 1.36. The average molecular weight is 142 g/mol. The average Bonchev–Trinajstić information content (AvgIpc) is 2.37. The Balaban J connectivity index is 2.65.